The van der Waals surface area contributed by atoms with Gasteiger partial charge in [-0.1, -0.05) is 66.7 Å². The van der Waals surface area contributed by atoms with E-state index >= 15 is 0 Å². The van der Waals surface area contributed by atoms with Gasteiger partial charge in [-0.25, -0.2) is 4.98 Å². The van der Waals surface area contributed by atoms with Crippen LogP contribution in [0.2, 0.25) is 0 Å². The number of morpholine rings is 1. The summed E-state index contributed by atoms with van der Waals surface area (Å²) in [6.45, 7) is 3.28. The van der Waals surface area contributed by atoms with Crippen LogP contribution < -0.4 is 9.80 Å². The van der Waals surface area contributed by atoms with E-state index in [1.807, 2.05) is 53.9 Å². The van der Waals surface area contributed by atoms with Crippen molar-refractivity contribution in [2.75, 3.05) is 43.2 Å². The number of benzene rings is 3. The SMILES string of the molecule is CN(C(=O)C(CC(=O)O)Cc1ccccc1)c1nc(-c2ccccc2-c2ccc(N3CCOCC3)cc2)cs1. The van der Waals surface area contributed by atoms with Crippen molar-refractivity contribution in [1.82, 2.24) is 4.98 Å². The maximum absolute atomic E-state index is 13.4. The molecule has 0 bridgehead atoms. The fraction of sp³-hybridized carbons (Fsp3) is 0.258. The smallest absolute Gasteiger partial charge is 0.304 e. The van der Waals surface area contributed by atoms with E-state index in [-0.39, 0.29) is 12.3 Å². The number of amides is 1. The van der Waals surface area contributed by atoms with Crippen LogP contribution in [0, 0.1) is 5.92 Å². The first-order chi connectivity index (χ1) is 19.0. The van der Waals surface area contributed by atoms with Crippen LogP contribution in [0.1, 0.15) is 12.0 Å². The zero-order valence-corrected chi connectivity index (χ0v) is 22.6. The van der Waals surface area contributed by atoms with Crippen LogP contribution in [0.4, 0.5) is 10.8 Å². The highest BCUT2D eigenvalue weighted by molar-refractivity contribution is 7.14. The van der Waals surface area contributed by atoms with Gasteiger partial charge in [0.05, 0.1) is 31.2 Å². The number of carbonyl (C=O) groups excluding carboxylic acids is 1. The van der Waals surface area contributed by atoms with Crippen LogP contribution in [0.3, 0.4) is 0 Å². The Morgan fingerprint density at radius 3 is 2.33 bits per heavy atom. The van der Waals surface area contributed by atoms with Crippen molar-refractivity contribution in [2.45, 2.75) is 12.8 Å². The Balaban J connectivity index is 1.36. The molecule has 4 aromatic rings. The first-order valence-electron chi connectivity index (χ1n) is 13.0. The molecular weight excluding hydrogens is 510 g/mol. The highest BCUT2D eigenvalue weighted by atomic mass is 32.1. The molecular formula is C31H31N3O4S. The molecule has 1 saturated heterocycles. The molecule has 1 atom stereocenters. The molecule has 1 fully saturated rings. The second-order valence-electron chi connectivity index (χ2n) is 9.59. The molecule has 0 spiro atoms. The number of aromatic nitrogens is 1. The number of aliphatic carboxylic acids is 1. The number of ether oxygens (including phenoxy) is 1. The highest BCUT2D eigenvalue weighted by Crippen LogP contribution is 2.35. The fourth-order valence-electron chi connectivity index (χ4n) is 4.90. The van der Waals surface area contributed by atoms with E-state index in [0.29, 0.717) is 11.6 Å². The van der Waals surface area contributed by atoms with Gasteiger partial charge >= 0.3 is 5.97 Å². The number of carboxylic acid groups (broad SMARTS) is 1. The van der Waals surface area contributed by atoms with E-state index in [2.05, 4.69) is 35.2 Å². The summed E-state index contributed by atoms with van der Waals surface area (Å²) in [4.78, 5) is 33.6. The molecule has 1 unspecified atom stereocenters. The van der Waals surface area contributed by atoms with Crippen molar-refractivity contribution in [3.05, 3.63) is 89.8 Å². The summed E-state index contributed by atoms with van der Waals surface area (Å²) in [5, 5.41) is 11.9. The second-order valence-corrected chi connectivity index (χ2v) is 10.4. The van der Waals surface area contributed by atoms with Gasteiger partial charge in [-0.3, -0.25) is 14.5 Å². The molecule has 0 saturated carbocycles. The molecule has 2 heterocycles. The maximum atomic E-state index is 13.4. The zero-order chi connectivity index (χ0) is 27.2. The van der Waals surface area contributed by atoms with Gasteiger partial charge in [0.25, 0.3) is 0 Å². The zero-order valence-electron chi connectivity index (χ0n) is 21.8. The lowest BCUT2D eigenvalue weighted by molar-refractivity contribution is -0.140. The summed E-state index contributed by atoms with van der Waals surface area (Å²) in [6, 6.07) is 26.2. The number of hydrogen-bond acceptors (Lipinski definition) is 6. The molecule has 5 rings (SSSR count). The van der Waals surface area contributed by atoms with E-state index in [1.54, 1.807) is 7.05 Å². The van der Waals surface area contributed by atoms with Crippen molar-refractivity contribution in [2.24, 2.45) is 5.92 Å². The molecule has 0 aliphatic carbocycles. The summed E-state index contributed by atoms with van der Waals surface area (Å²) >= 11 is 1.38. The number of nitrogens with zero attached hydrogens (tertiary/aromatic N) is 3. The number of carboxylic acids is 1. The molecule has 1 N–H and O–H groups in total. The van der Waals surface area contributed by atoms with E-state index in [1.165, 1.54) is 21.9 Å². The van der Waals surface area contributed by atoms with Gasteiger partial charge < -0.3 is 14.7 Å². The van der Waals surface area contributed by atoms with Gasteiger partial charge in [-0.2, -0.15) is 0 Å². The summed E-state index contributed by atoms with van der Waals surface area (Å²) in [5.74, 6) is -1.93. The highest BCUT2D eigenvalue weighted by Gasteiger charge is 2.27. The minimum absolute atomic E-state index is 0.237. The first kappa shape index (κ1) is 26.6. The Kier molecular flexibility index (Phi) is 8.34. The topological polar surface area (TPSA) is 83.0 Å². The summed E-state index contributed by atoms with van der Waals surface area (Å²) < 4.78 is 5.47. The summed E-state index contributed by atoms with van der Waals surface area (Å²) in [6.07, 6.45) is 0.122. The van der Waals surface area contributed by atoms with Crippen molar-refractivity contribution >= 4 is 34.0 Å². The predicted molar refractivity (Wildman–Crippen MR) is 155 cm³/mol. The lowest BCUT2D eigenvalue weighted by Crippen LogP contribution is -2.36. The molecule has 8 heteroatoms. The van der Waals surface area contributed by atoms with Crippen LogP contribution in [0.5, 0.6) is 0 Å². The molecule has 200 valence electrons. The average molecular weight is 542 g/mol. The molecule has 1 aromatic heterocycles. The number of rotatable bonds is 9. The van der Waals surface area contributed by atoms with Crippen LogP contribution in [0.25, 0.3) is 22.4 Å². The quantitative estimate of drug-likeness (QED) is 0.297. The molecule has 1 aliphatic heterocycles. The lowest BCUT2D eigenvalue weighted by Gasteiger charge is -2.29. The monoisotopic (exact) mass is 541 g/mol. The molecule has 0 radical (unpaired) electrons. The Hall–Kier alpha value is -4.01. The Labute approximate surface area is 232 Å². The number of anilines is 2. The predicted octanol–water partition coefficient (Wildman–Crippen LogP) is 5.61. The van der Waals surface area contributed by atoms with Gasteiger partial charge in [-0.15, -0.1) is 11.3 Å². The average Bonchev–Trinajstić information content (AvgIpc) is 3.47. The minimum atomic E-state index is -0.994. The van der Waals surface area contributed by atoms with Gasteiger partial charge in [-0.05, 0) is 35.2 Å². The Morgan fingerprint density at radius 1 is 0.974 bits per heavy atom. The minimum Gasteiger partial charge on any atom is -0.481 e. The number of carbonyl (C=O) groups is 2. The molecule has 3 aromatic carbocycles. The summed E-state index contributed by atoms with van der Waals surface area (Å²) in [7, 11) is 1.67. The van der Waals surface area contributed by atoms with Crippen LogP contribution in [-0.2, 0) is 20.7 Å². The third-order valence-corrected chi connectivity index (χ3v) is 7.88. The van der Waals surface area contributed by atoms with Crippen molar-refractivity contribution in [3.8, 4) is 22.4 Å². The van der Waals surface area contributed by atoms with E-state index in [4.69, 9.17) is 9.72 Å². The van der Waals surface area contributed by atoms with Crippen molar-refractivity contribution in [1.29, 1.82) is 0 Å². The number of thiazole rings is 1. The standard InChI is InChI=1S/C31H31N3O4S/c1-33(30(37)24(20-29(35)36)19-22-7-3-2-4-8-22)31-32-28(21-39-31)27-10-6-5-9-26(27)23-11-13-25(14-12-23)34-15-17-38-18-16-34/h2-14,21,24H,15-20H2,1H3,(H,35,36). The number of hydrogen-bond donors (Lipinski definition) is 1. The third-order valence-electron chi connectivity index (χ3n) is 6.96. The van der Waals surface area contributed by atoms with Gasteiger partial charge in [0.1, 0.15) is 0 Å². The third kappa shape index (κ3) is 6.35. The van der Waals surface area contributed by atoms with Gasteiger partial charge in [0, 0.05) is 36.8 Å². The molecule has 1 amide bonds. The van der Waals surface area contributed by atoms with Gasteiger partial charge in [0.2, 0.25) is 5.91 Å². The largest absolute Gasteiger partial charge is 0.481 e. The van der Waals surface area contributed by atoms with E-state index < -0.39 is 11.9 Å². The van der Waals surface area contributed by atoms with Crippen molar-refractivity contribution in [3.63, 3.8) is 0 Å². The van der Waals surface area contributed by atoms with Crippen LogP contribution in [-0.4, -0.2) is 55.3 Å². The van der Waals surface area contributed by atoms with Crippen LogP contribution >= 0.6 is 11.3 Å². The lowest BCUT2D eigenvalue weighted by atomic mass is 9.95. The van der Waals surface area contributed by atoms with Crippen LogP contribution in [0.15, 0.2) is 84.2 Å². The Bertz CT molecular complexity index is 1420. The maximum Gasteiger partial charge on any atom is 0.304 e. The summed E-state index contributed by atoms with van der Waals surface area (Å²) in [5.41, 5.74) is 6.02. The fourth-order valence-corrected chi connectivity index (χ4v) is 5.69. The molecule has 1 aliphatic rings. The van der Waals surface area contributed by atoms with E-state index in [9.17, 15) is 14.7 Å². The van der Waals surface area contributed by atoms with Gasteiger partial charge in [0.15, 0.2) is 5.13 Å². The van der Waals surface area contributed by atoms with E-state index in [0.717, 1.165) is 54.3 Å². The molecule has 39 heavy (non-hydrogen) atoms. The van der Waals surface area contributed by atoms with Crippen molar-refractivity contribution < 1.29 is 19.4 Å². The Morgan fingerprint density at radius 2 is 1.64 bits per heavy atom. The first-order valence-corrected chi connectivity index (χ1v) is 13.9. The second kappa shape index (κ2) is 12.2. The normalized spacial score (nSPS) is 14.1. The molecule has 7 nitrogen and oxygen atoms in total.